The standard InChI is InChI=1S/C11H15NO3/c1-4-9(3)15-10-7-5-6-8(2)11(10)12(13)14/h5-7,9H,4H2,1-3H3. The average Bonchev–Trinajstić information content (AvgIpc) is 2.17. The fraction of sp³-hybridized carbons (Fsp3) is 0.455. The summed E-state index contributed by atoms with van der Waals surface area (Å²) in [4.78, 5) is 10.4. The number of hydrogen-bond donors (Lipinski definition) is 0. The van der Waals surface area contributed by atoms with Crippen LogP contribution in [0, 0.1) is 17.0 Å². The van der Waals surface area contributed by atoms with Crippen molar-refractivity contribution in [3.8, 4) is 5.75 Å². The monoisotopic (exact) mass is 209 g/mol. The average molecular weight is 209 g/mol. The van der Waals surface area contributed by atoms with Gasteiger partial charge in [0.05, 0.1) is 11.0 Å². The number of hydrogen-bond acceptors (Lipinski definition) is 3. The number of nitro groups is 1. The van der Waals surface area contributed by atoms with Crippen LogP contribution in [0.3, 0.4) is 0 Å². The molecule has 1 atom stereocenters. The van der Waals surface area contributed by atoms with Gasteiger partial charge in [-0.05, 0) is 26.3 Å². The Morgan fingerprint density at radius 1 is 1.53 bits per heavy atom. The molecule has 0 N–H and O–H groups in total. The van der Waals surface area contributed by atoms with Gasteiger partial charge >= 0.3 is 5.69 Å². The van der Waals surface area contributed by atoms with Crippen molar-refractivity contribution >= 4 is 5.69 Å². The summed E-state index contributed by atoms with van der Waals surface area (Å²) in [5, 5.41) is 10.8. The zero-order chi connectivity index (χ0) is 11.4. The van der Waals surface area contributed by atoms with Crippen LogP contribution in [0.2, 0.25) is 0 Å². The van der Waals surface area contributed by atoms with Crippen molar-refractivity contribution in [2.24, 2.45) is 0 Å². The Morgan fingerprint density at radius 3 is 2.73 bits per heavy atom. The van der Waals surface area contributed by atoms with E-state index in [1.807, 2.05) is 13.8 Å². The van der Waals surface area contributed by atoms with Crippen molar-refractivity contribution in [1.82, 2.24) is 0 Å². The lowest BCUT2D eigenvalue weighted by Crippen LogP contribution is -2.11. The normalized spacial score (nSPS) is 12.2. The molecule has 82 valence electrons. The van der Waals surface area contributed by atoms with Crippen molar-refractivity contribution in [3.05, 3.63) is 33.9 Å². The van der Waals surface area contributed by atoms with Crippen LogP contribution in [-0.4, -0.2) is 11.0 Å². The summed E-state index contributed by atoms with van der Waals surface area (Å²) in [6.45, 7) is 5.58. The fourth-order valence-electron chi connectivity index (χ4n) is 1.26. The highest BCUT2D eigenvalue weighted by molar-refractivity contribution is 5.52. The molecule has 4 heteroatoms. The van der Waals surface area contributed by atoms with E-state index in [1.54, 1.807) is 25.1 Å². The zero-order valence-corrected chi connectivity index (χ0v) is 9.19. The molecule has 0 heterocycles. The van der Waals surface area contributed by atoms with Gasteiger partial charge in [-0.25, -0.2) is 0 Å². The molecular weight excluding hydrogens is 194 g/mol. The summed E-state index contributed by atoms with van der Waals surface area (Å²) in [6.07, 6.45) is 0.816. The molecule has 0 radical (unpaired) electrons. The fourth-order valence-corrected chi connectivity index (χ4v) is 1.26. The minimum absolute atomic E-state index is 0.00880. The number of rotatable bonds is 4. The van der Waals surface area contributed by atoms with E-state index in [4.69, 9.17) is 4.74 Å². The largest absolute Gasteiger partial charge is 0.484 e. The first kappa shape index (κ1) is 11.5. The van der Waals surface area contributed by atoms with Gasteiger partial charge in [0.2, 0.25) is 0 Å². The maximum atomic E-state index is 10.8. The highest BCUT2D eigenvalue weighted by atomic mass is 16.6. The first-order chi connectivity index (χ1) is 7.06. The van der Waals surface area contributed by atoms with Crippen LogP contribution < -0.4 is 4.74 Å². The van der Waals surface area contributed by atoms with Crippen LogP contribution in [0.1, 0.15) is 25.8 Å². The van der Waals surface area contributed by atoms with Gasteiger partial charge < -0.3 is 4.74 Å². The van der Waals surface area contributed by atoms with Gasteiger partial charge in [0, 0.05) is 5.56 Å². The van der Waals surface area contributed by atoms with Gasteiger partial charge in [-0.15, -0.1) is 0 Å². The Morgan fingerprint density at radius 2 is 2.20 bits per heavy atom. The second-order valence-corrected chi connectivity index (χ2v) is 3.52. The predicted octanol–water partition coefficient (Wildman–Crippen LogP) is 3.08. The number of para-hydroxylation sites is 1. The van der Waals surface area contributed by atoms with Crippen LogP contribution in [0.4, 0.5) is 5.69 Å². The molecule has 1 unspecified atom stereocenters. The molecule has 1 aromatic carbocycles. The second-order valence-electron chi connectivity index (χ2n) is 3.52. The first-order valence-electron chi connectivity index (χ1n) is 4.97. The molecule has 4 nitrogen and oxygen atoms in total. The molecule has 0 amide bonds. The minimum atomic E-state index is -0.396. The maximum Gasteiger partial charge on any atom is 0.313 e. The molecule has 0 aliphatic carbocycles. The summed E-state index contributed by atoms with van der Waals surface area (Å²) < 4.78 is 5.50. The molecule has 0 aliphatic rings. The lowest BCUT2D eigenvalue weighted by molar-refractivity contribution is -0.386. The third kappa shape index (κ3) is 2.68. The second kappa shape index (κ2) is 4.77. The van der Waals surface area contributed by atoms with Crippen LogP contribution >= 0.6 is 0 Å². The number of nitrogens with zero attached hydrogens (tertiary/aromatic N) is 1. The van der Waals surface area contributed by atoms with Gasteiger partial charge in [-0.1, -0.05) is 19.1 Å². The molecule has 1 aromatic rings. The van der Waals surface area contributed by atoms with E-state index in [2.05, 4.69) is 0 Å². The number of ether oxygens (including phenoxy) is 1. The summed E-state index contributed by atoms with van der Waals surface area (Å²) >= 11 is 0. The number of nitro benzene ring substituents is 1. The Kier molecular flexibility index (Phi) is 3.66. The predicted molar refractivity (Wildman–Crippen MR) is 58.2 cm³/mol. The molecule has 0 aromatic heterocycles. The van der Waals surface area contributed by atoms with E-state index in [9.17, 15) is 10.1 Å². The molecule has 0 saturated carbocycles. The van der Waals surface area contributed by atoms with E-state index in [0.29, 0.717) is 11.3 Å². The SMILES string of the molecule is CCC(C)Oc1cccc(C)c1[N+](=O)[O-]. The molecule has 0 spiro atoms. The van der Waals surface area contributed by atoms with E-state index in [1.165, 1.54) is 0 Å². The lowest BCUT2D eigenvalue weighted by Gasteiger charge is -2.13. The smallest absolute Gasteiger partial charge is 0.313 e. The van der Waals surface area contributed by atoms with Crippen molar-refractivity contribution in [2.45, 2.75) is 33.3 Å². The Bertz CT molecular complexity index is 363. The topological polar surface area (TPSA) is 52.4 Å². The molecular formula is C11H15NO3. The van der Waals surface area contributed by atoms with Crippen LogP contribution in [0.5, 0.6) is 5.75 Å². The Labute approximate surface area is 89.0 Å². The number of benzene rings is 1. The third-order valence-corrected chi connectivity index (χ3v) is 2.29. The molecule has 0 aliphatic heterocycles. The summed E-state index contributed by atoms with van der Waals surface area (Å²) in [5.74, 6) is 0.356. The number of aryl methyl sites for hydroxylation is 1. The van der Waals surface area contributed by atoms with Gasteiger partial charge in [-0.3, -0.25) is 10.1 Å². The molecule has 0 saturated heterocycles. The highest BCUT2D eigenvalue weighted by Crippen LogP contribution is 2.31. The van der Waals surface area contributed by atoms with Crippen LogP contribution in [-0.2, 0) is 0 Å². The molecule has 1 rings (SSSR count). The minimum Gasteiger partial charge on any atom is -0.484 e. The Balaban J connectivity index is 3.06. The quantitative estimate of drug-likeness (QED) is 0.565. The molecule has 15 heavy (non-hydrogen) atoms. The zero-order valence-electron chi connectivity index (χ0n) is 9.19. The summed E-state index contributed by atoms with van der Waals surface area (Å²) in [5.41, 5.74) is 0.693. The summed E-state index contributed by atoms with van der Waals surface area (Å²) in [6, 6.07) is 5.11. The van der Waals surface area contributed by atoms with Gasteiger partial charge in [-0.2, -0.15) is 0 Å². The molecule has 0 bridgehead atoms. The van der Waals surface area contributed by atoms with Crippen molar-refractivity contribution in [1.29, 1.82) is 0 Å². The lowest BCUT2D eigenvalue weighted by atomic mass is 10.2. The van der Waals surface area contributed by atoms with E-state index in [-0.39, 0.29) is 11.8 Å². The van der Waals surface area contributed by atoms with Crippen molar-refractivity contribution in [3.63, 3.8) is 0 Å². The van der Waals surface area contributed by atoms with Gasteiger partial charge in [0.25, 0.3) is 0 Å². The Hall–Kier alpha value is -1.58. The van der Waals surface area contributed by atoms with Crippen LogP contribution in [0.15, 0.2) is 18.2 Å². The van der Waals surface area contributed by atoms with E-state index >= 15 is 0 Å². The van der Waals surface area contributed by atoms with Gasteiger partial charge in [0.15, 0.2) is 5.75 Å². The first-order valence-corrected chi connectivity index (χ1v) is 4.97. The van der Waals surface area contributed by atoms with E-state index in [0.717, 1.165) is 6.42 Å². The molecule has 0 fully saturated rings. The van der Waals surface area contributed by atoms with Crippen molar-refractivity contribution in [2.75, 3.05) is 0 Å². The van der Waals surface area contributed by atoms with Crippen molar-refractivity contribution < 1.29 is 9.66 Å². The maximum absolute atomic E-state index is 10.8. The third-order valence-electron chi connectivity index (χ3n) is 2.29. The summed E-state index contributed by atoms with van der Waals surface area (Å²) in [7, 11) is 0. The van der Waals surface area contributed by atoms with Gasteiger partial charge in [0.1, 0.15) is 0 Å². The van der Waals surface area contributed by atoms with Crippen LogP contribution in [0.25, 0.3) is 0 Å². The highest BCUT2D eigenvalue weighted by Gasteiger charge is 2.19. The van der Waals surface area contributed by atoms with E-state index < -0.39 is 4.92 Å².